The summed E-state index contributed by atoms with van der Waals surface area (Å²) in [4.78, 5) is 2.34. The number of likely N-dealkylation sites (N-methyl/N-ethyl adjacent to an activating group) is 1. The number of nitrogens with zero attached hydrogens (tertiary/aromatic N) is 1. The Hall–Kier alpha value is -1.10. The molecule has 1 unspecified atom stereocenters. The molecular weight excluding hydrogens is 252 g/mol. The predicted octanol–water partition coefficient (Wildman–Crippen LogP) is 1.76. The summed E-state index contributed by atoms with van der Waals surface area (Å²) >= 11 is 0. The van der Waals surface area contributed by atoms with Gasteiger partial charge in [-0.3, -0.25) is 4.90 Å². The number of hydrogen-bond donors (Lipinski definition) is 1. The second-order valence-corrected chi connectivity index (χ2v) is 5.53. The van der Waals surface area contributed by atoms with Crippen LogP contribution in [0.5, 0.6) is 5.75 Å². The molecule has 2 rings (SSSR count). The van der Waals surface area contributed by atoms with Crippen LogP contribution in [0.2, 0.25) is 0 Å². The lowest BCUT2D eigenvalue weighted by molar-refractivity contribution is 0.0684. The van der Waals surface area contributed by atoms with Crippen molar-refractivity contribution >= 4 is 0 Å². The third-order valence-corrected chi connectivity index (χ3v) is 4.55. The molecule has 0 radical (unpaired) electrons. The van der Waals surface area contributed by atoms with E-state index in [0.717, 1.165) is 31.7 Å². The number of rotatable bonds is 6. The summed E-state index contributed by atoms with van der Waals surface area (Å²) in [6, 6.07) is 6.38. The third-order valence-electron chi connectivity index (χ3n) is 4.55. The fourth-order valence-electron chi connectivity index (χ4n) is 3.25. The standard InChI is InChI=1S/C16H26N2O2/c1-18(9-10-19-2)16(12-17)8-4-5-13-6-7-14(20-3)11-15(13)16/h6-7,11H,4-5,8-10,12,17H2,1-3H3. The monoisotopic (exact) mass is 278 g/mol. The lowest BCUT2D eigenvalue weighted by atomic mass is 9.75. The first-order valence-electron chi connectivity index (χ1n) is 7.25. The van der Waals surface area contributed by atoms with Crippen LogP contribution in [0.25, 0.3) is 0 Å². The minimum atomic E-state index is -0.0966. The van der Waals surface area contributed by atoms with Crippen molar-refractivity contribution in [2.24, 2.45) is 5.73 Å². The zero-order chi connectivity index (χ0) is 14.6. The molecule has 0 heterocycles. The van der Waals surface area contributed by atoms with Gasteiger partial charge in [-0.05, 0) is 49.6 Å². The molecule has 1 atom stereocenters. The van der Waals surface area contributed by atoms with Crippen LogP contribution >= 0.6 is 0 Å². The van der Waals surface area contributed by atoms with Crippen molar-refractivity contribution < 1.29 is 9.47 Å². The zero-order valence-electron chi connectivity index (χ0n) is 12.8. The van der Waals surface area contributed by atoms with Crippen molar-refractivity contribution in [2.45, 2.75) is 24.8 Å². The van der Waals surface area contributed by atoms with Crippen LogP contribution in [0.3, 0.4) is 0 Å². The lowest BCUT2D eigenvalue weighted by Gasteiger charge is -2.45. The number of nitrogens with two attached hydrogens (primary N) is 1. The van der Waals surface area contributed by atoms with Crippen molar-refractivity contribution in [3.63, 3.8) is 0 Å². The average molecular weight is 278 g/mol. The summed E-state index contributed by atoms with van der Waals surface area (Å²) in [6.45, 7) is 2.22. The number of ether oxygens (including phenoxy) is 2. The molecule has 0 aromatic heterocycles. The predicted molar refractivity (Wildman–Crippen MR) is 81.2 cm³/mol. The summed E-state index contributed by atoms with van der Waals surface area (Å²) in [7, 11) is 5.59. The van der Waals surface area contributed by atoms with Crippen LogP contribution in [0.4, 0.5) is 0 Å². The quantitative estimate of drug-likeness (QED) is 0.861. The molecule has 0 amide bonds. The molecule has 0 spiro atoms. The minimum absolute atomic E-state index is 0.0966. The maximum absolute atomic E-state index is 6.19. The number of hydrogen-bond acceptors (Lipinski definition) is 4. The molecule has 112 valence electrons. The smallest absolute Gasteiger partial charge is 0.119 e. The largest absolute Gasteiger partial charge is 0.497 e. The van der Waals surface area contributed by atoms with Gasteiger partial charge >= 0.3 is 0 Å². The maximum atomic E-state index is 6.19. The lowest BCUT2D eigenvalue weighted by Crippen LogP contribution is -2.52. The fraction of sp³-hybridized carbons (Fsp3) is 0.625. The molecule has 0 bridgehead atoms. The van der Waals surface area contributed by atoms with Gasteiger partial charge in [-0.15, -0.1) is 0 Å². The van der Waals surface area contributed by atoms with Crippen molar-refractivity contribution in [2.75, 3.05) is 41.0 Å². The number of fused-ring (bicyclic) bond motifs is 1. The SMILES string of the molecule is COCCN(C)C1(CN)CCCc2ccc(OC)cc21. The Morgan fingerprint density at radius 1 is 1.35 bits per heavy atom. The molecule has 2 N–H and O–H groups in total. The highest BCUT2D eigenvalue weighted by Crippen LogP contribution is 2.40. The zero-order valence-corrected chi connectivity index (χ0v) is 12.8. The van der Waals surface area contributed by atoms with Crippen LogP contribution < -0.4 is 10.5 Å². The highest BCUT2D eigenvalue weighted by atomic mass is 16.5. The molecular formula is C16H26N2O2. The molecule has 1 aliphatic carbocycles. The van der Waals surface area contributed by atoms with Crippen LogP contribution in [-0.4, -0.2) is 45.9 Å². The van der Waals surface area contributed by atoms with Gasteiger partial charge in [0.2, 0.25) is 0 Å². The number of aryl methyl sites for hydroxylation is 1. The van der Waals surface area contributed by atoms with Gasteiger partial charge < -0.3 is 15.2 Å². The van der Waals surface area contributed by atoms with Gasteiger partial charge in [0.25, 0.3) is 0 Å². The first-order valence-corrected chi connectivity index (χ1v) is 7.25. The van der Waals surface area contributed by atoms with Gasteiger partial charge in [0.15, 0.2) is 0 Å². The van der Waals surface area contributed by atoms with Crippen molar-refractivity contribution in [3.8, 4) is 5.75 Å². The van der Waals surface area contributed by atoms with Gasteiger partial charge in [0.05, 0.1) is 19.3 Å². The topological polar surface area (TPSA) is 47.7 Å². The highest BCUT2D eigenvalue weighted by molar-refractivity contribution is 5.42. The summed E-state index contributed by atoms with van der Waals surface area (Å²) in [5, 5.41) is 0. The Morgan fingerprint density at radius 2 is 2.15 bits per heavy atom. The fourth-order valence-corrected chi connectivity index (χ4v) is 3.25. The molecule has 1 aliphatic rings. The Kier molecular flexibility index (Phi) is 5.02. The average Bonchev–Trinajstić information content (AvgIpc) is 2.51. The van der Waals surface area contributed by atoms with E-state index in [2.05, 4.69) is 24.1 Å². The van der Waals surface area contributed by atoms with E-state index in [4.69, 9.17) is 15.2 Å². The molecule has 4 heteroatoms. The first kappa shape index (κ1) is 15.3. The van der Waals surface area contributed by atoms with Gasteiger partial charge in [0.1, 0.15) is 5.75 Å². The second kappa shape index (κ2) is 6.57. The van der Waals surface area contributed by atoms with E-state index in [1.54, 1.807) is 14.2 Å². The summed E-state index contributed by atoms with van der Waals surface area (Å²) < 4.78 is 10.6. The minimum Gasteiger partial charge on any atom is -0.497 e. The molecule has 4 nitrogen and oxygen atoms in total. The van der Waals surface area contributed by atoms with Crippen LogP contribution in [-0.2, 0) is 16.7 Å². The first-order chi connectivity index (χ1) is 9.67. The van der Waals surface area contributed by atoms with E-state index >= 15 is 0 Å². The normalized spacial score (nSPS) is 21.9. The van der Waals surface area contributed by atoms with E-state index in [-0.39, 0.29) is 5.54 Å². The highest BCUT2D eigenvalue weighted by Gasteiger charge is 2.39. The molecule has 20 heavy (non-hydrogen) atoms. The van der Waals surface area contributed by atoms with E-state index in [0.29, 0.717) is 6.54 Å². The molecule has 0 saturated carbocycles. The Morgan fingerprint density at radius 3 is 2.80 bits per heavy atom. The Balaban J connectivity index is 2.40. The van der Waals surface area contributed by atoms with E-state index < -0.39 is 0 Å². The Labute approximate surface area is 121 Å². The summed E-state index contributed by atoms with van der Waals surface area (Å²) in [5.74, 6) is 0.906. The molecule has 0 aliphatic heterocycles. The van der Waals surface area contributed by atoms with Gasteiger partial charge in [-0.2, -0.15) is 0 Å². The van der Waals surface area contributed by atoms with Crippen LogP contribution in [0.1, 0.15) is 24.0 Å². The summed E-state index contributed by atoms with van der Waals surface area (Å²) in [5.41, 5.74) is 8.82. The van der Waals surface area contributed by atoms with Gasteiger partial charge in [-0.25, -0.2) is 0 Å². The van der Waals surface area contributed by atoms with Crippen molar-refractivity contribution in [3.05, 3.63) is 29.3 Å². The summed E-state index contributed by atoms with van der Waals surface area (Å²) in [6.07, 6.45) is 3.39. The molecule has 1 aromatic carbocycles. The molecule has 0 fully saturated rings. The maximum Gasteiger partial charge on any atom is 0.119 e. The third kappa shape index (κ3) is 2.68. The van der Waals surface area contributed by atoms with Crippen LogP contribution in [0.15, 0.2) is 18.2 Å². The second-order valence-electron chi connectivity index (χ2n) is 5.53. The molecule has 1 aromatic rings. The van der Waals surface area contributed by atoms with Crippen molar-refractivity contribution in [1.29, 1.82) is 0 Å². The van der Waals surface area contributed by atoms with Gasteiger partial charge in [0, 0.05) is 20.2 Å². The van der Waals surface area contributed by atoms with E-state index in [1.807, 2.05) is 6.07 Å². The van der Waals surface area contributed by atoms with Gasteiger partial charge in [-0.1, -0.05) is 6.07 Å². The van der Waals surface area contributed by atoms with E-state index in [1.165, 1.54) is 17.5 Å². The van der Waals surface area contributed by atoms with Crippen LogP contribution in [0, 0.1) is 0 Å². The Bertz CT molecular complexity index is 450. The molecule has 0 saturated heterocycles. The van der Waals surface area contributed by atoms with E-state index in [9.17, 15) is 0 Å². The van der Waals surface area contributed by atoms with Crippen molar-refractivity contribution in [1.82, 2.24) is 4.90 Å². The number of benzene rings is 1. The number of methoxy groups -OCH3 is 2.